The molecule has 0 amide bonds. The topological polar surface area (TPSA) is 26.3 Å². The number of carbonyl (C=O) groups is 1. The molecule has 0 aliphatic rings. The Morgan fingerprint density at radius 2 is 0.944 bits per heavy atom. The van der Waals surface area contributed by atoms with Crippen LogP contribution in [0.3, 0.4) is 0 Å². The Morgan fingerprint density at radius 1 is 0.556 bits per heavy atom. The number of benzene rings is 5. The SMILES string of the molecule is O=C(C=P(c1ccccc1)(c1ccccc1)c1ccccc1)Oc1ccc(-c2ccc(F)cc2)cc1. The highest BCUT2D eigenvalue weighted by atomic mass is 31.2. The first kappa shape index (κ1) is 23.5. The van der Waals surface area contributed by atoms with Gasteiger partial charge in [-0.1, -0.05) is 115 Å². The maximum atomic E-state index is 13.4. The molecule has 5 rings (SSSR count). The van der Waals surface area contributed by atoms with Gasteiger partial charge in [0.25, 0.3) is 0 Å². The van der Waals surface area contributed by atoms with E-state index in [1.165, 1.54) is 12.1 Å². The monoisotopic (exact) mass is 490 g/mol. The predicted molar refractivity (Wildman–Crippen MR) is 149 cm³/mol. The average molecular weight is 491 g/mol. The molecule has 0 spiro atoms. The van der Waals surface area contributed by atoms with Crippen molar-refractivity contribution in [2.24, 2.45) is 0 Å². The van der Waals surface area contributed by atoms with Crippen molar-refractivity contribution in [2.45, 2.75) is 0 Å². The Morgan fingerprint density at radius 3 is 1.36 bits per heavy atom. The van der Waals surface area contributed by atoms with E-state index in [1.807, 2.05) is 66.7 Å². The van der Waals surface area contributed by atoms with Crippen LogP contribution in [0.5, 0.6) is 5.75 Å². The lowest BCUT2D eigenvalue weighted by Gasteiger charge is -2.28. The standard InChI is InChI=1S/C32H24FO2P/c33-27-20-16-25(17-21-27)26-18-22-28(23-19-26)35-32(34)24-36(29-10-4-1-5-11-29,30-12-6-2-7-13-30)31-14-8-3-9-15-31/h1-24H. The Hall–Kier alpha value is -4.20. The van der Waals surface area contributed by atoms with Gasteiger partial charge in [0.15, 0.2) is 0 Å². The quantitative estimate of drug-likeness (QED) is 0.161. The molecule has 0 heterocycles. The predicted octanol–water partition coefficient (Wildman–Crippen LogP) is 6.19. The molecular weight excluding hydrogens is 466 g/mol. The number of halogens is 1. The van der Waals surface area contributed by atoms with Gasteiger partial charge in [-0.25, -0.2) is 9.18 Å². The van der Waals surface area contributed by atoms with E-state index in [0.29, 0.717) is 5.75 Å². The fraction of sp³-hybridized carbons (Fsp3) is 0. The van der Waals surface area contributed by atoms with Crippen LogP contribution in [0.4, 0.5) is 4.39 Å². The van der Waals surface area contributed by atoms with Gasteiger partial charge >= 0.3 is 5.97 Å². The van der Waals surface area contributed by atoms with E-state index in [-0.39, 0.29) is 5.82 Å². The van der Waals surface area contributed by atoms with Crippen LogP contribution in [0.15, 0.2) is 140 Å². The lowest BCUT2D eigenvalue weighted by molar-refractivity contribution is -0.126. The number of hydrogen-bond acceptors (Lipinski definition) is 2. The molecule has 36 heavy (non-hydrogen) atoms. The molecular formula is C32H24FO2P. The van der Waals surface area contributed by atoms with Crippen LogP contribution in [0, 0.1) is 5.82 Å². The van der Waals surface area contributed by atoms with Crippen LogP contribution in [-0.4, -0.2) is 11.8 Å². The summed E-state index contributed by atoms with van der Waals surface area (Å²) in [5.41, 5.74) is 1.81. The van der Waals surface area contributed by atoms with Gasteiger partial charge in [-0.2, -0.15) is 0 Å². The second kappa shape index (κ2) is 10.6. The van der Waals surface area contributed by atoms with Crippen LogP contribution >= 0.6 is 6.89 Å². The first-order chi connectivity index (χ1) is 17.6. The second-order valence-corrected chi connectivity index (χ2v) is 11.6. The van der Waals surface area contributed by atoms with Gasteiger partial charge in [0.1, 0.15) is 11.6 Å². The Labute approximate surface area is 210 Å². The third kappa shape index (κ3) is 4.93. The maximum Gasteiger partial charge on any atom is 0.337 e. The summed E-state index contributed by atoms with van der Waals surface area (Å²) in [4.78, 5) is 13.4. The summed E-state index contributed by atoms with van der Waals surface area (Å²) in [6.07, 6.45) is 0. The summed E-state index contributed by atoms with van der Waals surface area (Å²) >= 11 is 0. The Bertz CT molecular complexity index is 1390. The van der Waals surface area contributed by atoms with Crippen molar-refractivity contribution in [1.29, 1.82) is 0 Å². The van der Waals surface area contributed by atoms with Crippen molar-refractivity contribution in [3.63, 3.8) is 0 Å². The third-order valence-corrected chi connectivity index (χ3v) is 9.98. The fourth-order valence-corrected chi connectivity index (χ4v) is 7.96. The molecule has 176 valence electrons. The van der Waals surface area contributed by atoms with E-state index in [1.54, 1.807) is 30.1 Å². The average Bonchev–Trinajstić information content (AvgIpc) is 2.94. The van der Waals surface area contributed by atoms with Crippen LogP contribution in [0.2, 0.25) is 0 Å². The zero-order valence-corrected chi connectivity index (χ0v) is 20.4. The maximum absolute atomic E-state index is 13.4. The molecule has 0 radical (unpaired) electrons. The van der Waals surface area contributed by atoms with Crippen LogP contribution in [0.25, 0.3) is 11.1 Å². The van der Waals surface area contributed by atoms with Gasteiger partial charge in [-0.3, -0.25) is 0 Å². The zero-order chi connectivity index (χ0) is 24.8. The molecule has 0 N–H and O–H groups in total. The number of ether oxygens (including phenoxy) is 1. The molecule has 5 aromatic rings. The summed E-state index contributed by atoms with van der Waals surface area (Å²) in [6, 6.07) is 44.0. The van der Waals surface area contributed by atoms with Crippen molar-refractivity contribution < 1.29 is 13.9 Å². The number of esters is 1. The van der Waals surface area contributed by atoms with Crippen LogP contribution < -0.4 is 20.7 Å². The molecule has 0 aliphatic carbocycles. The lowest BCUT2D eigenvalue weighted by Crippen LogP contribution is -2.29. The third-order valence-electron chi connectivity index (χ3n) is 6.04. The number of carbonyl (C=O) groups excluding carboxylic acids is 1. The first-order valence-electron chi connectivity index (χ1n) is 11.6. The minimum Gasteiger partial charge on any atom is -0.423 e. The summed E-state index contributed by atoms with van der Waals surface area (Å²) in [5, 5.41) is 3.23. The smallest absolute Gasteiger partial charge is 0.337 e. The summed E-state index contributed by atoms with van der Waals surface area (Å²) < 4.78 is 19.1. The molecule has 2 nitrogen and oxygen atoms in total. The van der Waals surface area contributed by atoms with E-state index >= 15 is 0 Å². The minimum absolute atomic E-state index is 0.276. The summed E-state index contributed by atoms with van der Waals surface area (Å²) in [7, 11) is 0. The van der Waals surface area contributed by atoms with Gasteiger partial charge in [-0.15, -0.1) is 0 Å². The van der Waals surface area contributed by atoms with Crippen molar-refractivity contribution >= 4 is 34.6 Å². The molecule has 0 saturated carbocycles. The van der Waals surface area contributed by atoms with Gasteiger partial charge in [0, 0.05) is 5.80 Å². The molecule has 0 fully saturated rings. The van der Waals surface area contributed by atoms with Gasteiger partial charge in [-0.05, 0) is 58.2 Å². The van der Waals surface area contributed by atoms with E-state index in [9.17, 15) is 9.18 Å². The van der Waals surface area contributed by atoms with Crippen molar-refractivity contribution in [2.75, 3.05) is 0 Å². The zero-order valence-electron chi connectivity index (χ0n) is 19.5. The largest absolute Gasteiger partial charge is 0.423 e. The first-order valence-corrected chi connectivity index (χ1v) is 13.5. The Kier molecular flexibility index (Phi) is 6.93. The van der Waals surface area contributed by atoms with Crippen molar-refractivity contribution in [3.05, 3.63) is 145 Å². The molecule has 0 bridgehead atoms. The van der Waals surface area contributed by atoms with Crippen LogP contribution in [-0.2, 0) is 4.79 Å². The molecule has 0 unspecified atom stereocenters. The van der Waals surface area contributed by atoms with Crippen molar-refractivity contribution in [1.82, 2.24) is 0 Å². The second-order valence-electron chi connectivity index (χ2n) is 8.31. The van der Waals surface area contributed by atoms with Crippen molar-refractivity contribution in [3.8, 4) is 16.9 Å². The van der Waals surface area contributed by atoms with E-state index in [2.05, 4.69) is 36.4 Å². The molecule has 0 aromatic heterocycles. The molecule has 5 aromatic carbocycles. The van der Waals surface area contributed by atoms with E-state index in [0.717, 1.165) is 27.0 Å². The minimum atomic E-state index is -2.44. The highest BCUT2D eigenvalue weighted by Crippen LogP contribution is 2.43. The normalized spacial score (nSPS) is 11.0. The number of hydrogen-bond donors (Lipinski definition) is 0. The highest BCUT2D eigenvalue weighted by Gasteiger charge is 2.26. The summed E-state index contributed by atoms with van der Waals surface area (Å²) in [6.45, 7) is -2.44. The highest BCUT2D eigenvalue weighted by molar-refractivity contribution is 7.95. The van der Waals surface area contributed by atoms with Gasteiger partial charge in [0.05, 0.1) is 0 Å². The van der Waals surface area contributed by atoms with Gasteiger partial charge in [0.2, 0.25) is 0 Å². The Balaban J connectivity index is 1.56. The molecule has 0 aliphatic heterocycles. The molecule has 0 atom stereocenters. The van der Waals surface area contributed by atoms with Gasteiger partial charge < -0.3 is 4.74 Å². The fourth-order valence-electron chi connectivity index (χ4n) is 4.32. The molecule has 4 heteroatoms. The van der Waals surface area contributed by atoms with Crippen LogP contribution in [0.1, 0.15) is 0 Å². The number of rotatable bonds is 6. The lowest BCUT2D eigenvalue weighted by atomic mass is 10.1. The molecule has 0 saturated heterocycles. The van der Waals surface area contributed by atoms with E-state index in [4.69, 9.17) is 4.74 Å². The van der Waals surface area contributed by atoms with E-state index < -0.39 is 12.9 Å². The summed E-state index contributed by atoms with van der Waals surface area (Å²) in [5.74, 6) is 1.53.